The van der Waals surface area contributed by atoms with Crippen molar-refractivity contribution < 1.29 is 27.9 Å². The SMILES string of the molecule is Cc1cc(Cl)c(S(=O)(=O)Nc2cccc(C(=O)[O-])c2)cc1OCC(N)=O. The van der Waals surface area contributed by atoms with Gasteiger partial charge in [-0.3, -0.25) is 9.52 Å². The molecule has 0 bridgehead atoms. The van der Waals surface area contributed by atoms with Gasteiger partial charge in [0.25, 0.3) is 15.9 Å². The summed E-state index contributed by atoms with van der Waals surface area (Å²) in [6.45, 7) is 1.19. The van der Waals surface area contributed by atoms with Crippen LogP contribution in [0.25, 0.3) is 0 Å². The second-order valence-electron chi connectivity index (χ2n) is 5.28. The number of aromatic carboxylic acids is 1. The maximum Gasteiger partial charge on any atom is 0.263 e. The Morgan fingerprint density at radius 1 is 1.27 bits per heavy atom. The molecule has 8 nitrogen and oxygen atoms in total. The number of halogens is 1. The zero-order chi connectivity index (χ0) is 19.5. The first kappa shape index (κ1) is 19.5. The van der Waals surface area contributed by atoms with Gasteiger partial charge < -0.3 is 20.4 Å². The van der Waals surface area contributed by atoms with Crippen LogP contribution in [0.3, 0.4) is 0 Å². The Hall–Kier alpha value is -2.78. The molecule has 0 saturated carbocycles. The Morgan fingerprint density at radius 3 is 2.58 bits per heavy atom. The molecule has 10 heteroatoms. The highest BCUT2D eigenvalue weighted by Crippen LogP contribution is 2.31. The molecule has 1 amide bonds. The van der Waals surface area contributed by atoms with Crippen LogP contribution >= 0.6 is 11.6 Å². The first-order chi connectivity index (χ1) is 12.1. The molecule has 0 heterocycles. The van der Waals surface area contributed by atoms with E-state index >= 15 is 0 Å². The number of rotatable bonds is 7. The fraction of sp³-hybridized carbons (Fsp3) is 0.125. The largest absolute Gasteiger partial charge is 0.545 e. The highest BCUT2D eigenvalue weighted by atomic mass is 35.5. The summed E-state index contributed by atoms with van der Waals surface area (Å²) >= 11 is 6.03. The molecular formula is C16H14ClN2O6S-. The van der Waals surface area contributed by atoms with Gasteiger partial charge in [-0.1, -0.05) is 23.7 Å². The third-order valence-corrected chi connectivity index (χ3v) is 5.09. The van der Waals surface area contributed by atoms with Crippen LogP contribution in [-0.4, -0.2) is 26.9 Å². The van der Waals surface area contributed by atoms with Gasteiger partial charge in [0.2, 0.25) is 0 Å². The van der Waals surface area contributed by atoms with Gasteiger partial charge in [-0.25, -0.2) is 8.42 Å². The minimum Gasteiger partial charge on any atom is -0.545 e. The van der Waals surface area contributed by atoms with Crippen LogP contribution in [0.5, 0.6) is 5.75 Å². The second-order valence-corrected chi connectivity index (χ2v) is 7.33. The lowest BCUT2D eigenvalue weighted by Crippen LogP contribution is -2.22. The van der Waals surface area contributed by atoms with Crippen molar-refractivity contribution in [2.45, 2.75) is 11.8 Å². The first-order valence-electron chi connectivity index (χ1n) is 7.15. The number of carboxylic acids is 1. The number of hydrogen-bond acceptors (Lipinski definition) is 6. The van der Waals surface area contributed by atoms with Gasteiger partial charge in [-0.15, -0.1) is 0 Å². The number of anilines is 1. The van der Waals surface area contributed by atoms with E-state index in [4.69, 9.17) is 22.1 Å². The molecule has 0 radical (unpaired) electrons. The van der Waals surface area contributed by atoms with Gasteiger partial charge in [-0.05, 0) is 36.2 Å². The van der Waals surface area contributed by atoms with Crippen molar-refractivity contribution in [1.29, 1.82) is 0 Å². The number of benzene rings is 2. The van der Waals surface area contributed by atoms with Crippen molar-refractivity contribution in [3.63, 3.8) is 0 Å². The average molecular weight is 398 g/mol. The van der Waals surface area contributed by atoms with E-state index in [0.29, 0.717) is 5.56 Å². The topological polar surface area (TPSA) is 139 Å². The van der Waals surface area contributed by atoms with Gasteiger partial charge in [0.1, 0.15) is 10.6 Å². The van der Waals surface area contributed by atoms with Gasteiger partial charge in [0.15, 0.2) is 6.61 Å². The van der Waals surface area contributed by atoms with Gasteiger partial charge in [-0.2, -0.15) is 0 Å². The molecule has 26 heavy (non-hydrogen) atoms. The zero-order valence-electron chi connectivity index (χ0n) is 13.5. The molecule has 0 spiro atoms. The number of nitrogens with two attached hydrogens (primary N) is 1. The number of carbonyl (C=O) groups excluding carboxylic acids is 2. The monoisotopic (exact) mass is 397 g/mol. The smallest absolute Gasteiger partial charge is 0.263 e. The summed E-state index contributed by atoms with van der Waals surface area (Å²) in [6, 6.07) is 7.63. The number of carbonyl (C=O) groups is 2. The predicted octanol–water partition coefficient (Wildman–Crippen LogP) is 0.677. The molecule has 0 aliphatic carbocycles. The number of aryl methyl sites for hydroxylation is 1. The van der Waals surface area contributed by atoms with E-state index in [1.807, 2.05) is 0 Å². The summed E-state index contributed by atoms with van der Waals surface area (Å²) in [5.41, 5.74) is 5.35. The zero-order valence-corrected chi connectivity index (χ0v) is 15.1. The Kier molecular flexibility index (Phi) is 5.73. The predicted molar refractivity (Wildman–Crippen MR) is 92.5 cm³/mol. The summed E-state index contributed by atoms with van der Waals surface area (Å²) in [6.07, 6.45) is 0. The number of primary amides is 1. The van der Waals surface area contributed by atoms with Crippen molar-refractivity contribution in [2.24, 2.45) is 5.73 Å². The standard InChI is InChI=1S/C16H15ClN2O6S/c1-9-5-12(17)14(7-13(9)25-8-15(18)20)26(23,24)19-11-4-2-3-10(6-11)16(21)22/h2-7,19H,8H2,1H3,(H2,18,20)(H,21,22)/p-1. The lowest BCUT2D eigenvalue weighted by atomic mass is 10.2. The molecule has 0 aliphatic heterocycles. The van der Waals surface area contributed by atoms with Crippen LogP contribution < -0.4 is 20.3 Å². The van der Waals surface area contributed by atoms with E-state index in [-0.39, 0.29) is 26.9 Å². The maximum absolute atomic E-state index is 12.6. The van der Waals surface area contributed by atoms with Gasteiger partial charge >= 0.3 is 0 Å². The number of nitrogens with one attached hydrogen (secondary N) is 1. The fourth-order valence-corrected chi connectivity index (χ4v) is 3.71. The Labute approximate surface area is 154 Å². The van der Waals surface area contributed by atoms with E-state index in [1.54, 1.807) is 6.92 Å². The van der Waals surface area contributed by atoms with Crippen molar-refractivity contribution in [2.75, 3.05) is 11.3 Å². The highest BCUT2D eigenvalue weighted by Gasteiger charge is 2.21. The van der Waals surface area contributed by atoms with E-state index in [0.717, 1.165) is 12.1 Å². The number of hydrogen-bond donors (Lipinski definition) is 2. The summed E-state index contributed by atoms with van der Waals surface area (Å²) in [5, 5.41) is 10.8. The van der Waals surface area contributed by atoms with Crippen molar-refractivity contribution in [3.05, 3.63) is 52.5 Å². The van der Waals surface area contributed by atoms with E-state index in [9.17, 15) is 23.1 Å². The third kappa shape index (κ3) is 4.64. The van der Waals surface area contributed by atoms with Crippen molar-refractivity contribution in [1.82, 2.24) is 0 Å². The molecule has 0 fully saturated rings. The molecule has 2 aromatic carbocycles. The van der Waals surface area contributed by atoms with E-state index in [1.165, 1.54) is 24.3 Å². The maximum atomic E-state index is 12.6. The van der Waals surface area contributed by atoms with Crippen LogP contribution in [0.1, 0.15) is 15.9 Å². The lowest BCUT2D eigenvalue weighted by molar-refractivity contribution is -0.255. The van der Waals surface area contributed by atoms with Crippen LogP contribution in [0.4, 0.5) is 5.69 Å². The molecule has 3 N–H and O–H groups in total. The van der Waals surface area contributed by atoms with Gasteiger partial charge in [0.05, 0.1) is 11.0 Å². The Balaban J connectivity index is 2.39. The average Bonchev–Trinajstić information content (AvgIpc) is 2.53. The Bertz CT molecular complexity index is 975. The third-order valence-electron chi connectivity index (χ3n) is 3.24. The molecule has 0 aromatic heterocycles. The minimum absolute atomic E-state index is 0.0166. The number of ether oxygens (including phenoxy) is 1. The minimum atomic E-state index is -4.16. The first-order valence-corrected chi connectivity index (χ1v) is 9.02. The fourth-order valence-electron chi connectivity index (χ4n) is 2.06. The van der Waals surface area contributed by atoms with Gasteiger partial charge in [0, 0.05) is 11.8 Å². The van der Waals surface area contributed by atoms with Crippen LogP contribution in [0.15, 0.2) is 41.3 Å². The number of sulfonamides is 1. The molecule has 0 aliphatic rings. The molecule has 0 saturated heterocycles. The van der Waals surface area contributed by atoms with Crippen LogP contribution in [0.2, 0.25) is 5.02 Å². The molecule has 2 rings (SSSR count). The van der Waals surface area contributed by atoms with E-state index < -0.39 is 28.5 Å². The molecule has 0 atom stereocenters. The molecular weight excluding hydrogens is 384 g/mol. The quantitative estimate of drug-likeness (QED) is 0.704. The summed E-state index contributed by atoms with van der Waals surface area (Å²) in [4.78, 5) is 21.4. The highest BCUT2D eigenvalue weighted by molar-refractivity contribution is 7.92. The summed E-state index contributed by atoms with van der Waals surface area (Å²) < 4.78 is 32.6. The van der Waals surface area contributed by atoms with E-state index in [2.05, 4.69) is 4.72 Å². The lowest BCUT2D eigenvalue weighted by Gasteiger charge is -2.14. The summed E-state index contributed by atoms with van der Waals surface area (Å²) in [5.74, 6) is -2.04. The Morgan fingerprint density at radius 2 is 1.96 bits per heavy atom. The summed E-state index contributed by atoms with van der Waals surface area (Å²) in [7, 11) is -4.16. The van der Waals surface area contributed by atoms with Crippen LogP contribution in [0, 0.1) is 6.92 Å². The second kappa shape index (κ2) is 7.63. The van der Waals surface area contributed by atoms with Crippen molar-refractivity contribution >= 4 is 39.2 Å². The van der Waals surface area contributed by atoms with Crippen LogP contribution in [-0.2, 0) is 14.8 Å². The molecule has 2 aromatic rings. The normalized spacial score (nSPS) is 11.0. The molecule has 138 valence electrons. The molecule has 0 unspecified atom stereocenters. The van der Waals surface area contributed by atoms with Crippen molar-refractivity contribution in [3.8, 4) is 5.75 Å². The number of amides is 1. The number of carboxylic acid groups (broad SMARTS) is 1.